The number of nitrogens with one attached hydrogen (secondary N) is 1. The number of hydrogen-bond donors (Lipinski definition) is 1. The van der Waals surface area contributed by atoms with E-state index < -0.39 is 11.0 Å². The Hall–Kier alpha value is -2.28. The molecule has 3 rings (SSSR count). The predicted octanol–water partition coefficient (Wildman–Crippen LogP) is 0.845. The molecule has 2 aromatic heterocycles. The van der Waals surface area contributed by atoms with E-state index in [1.165, 1.54) is 10.8 Å². The van der Waals surface area contributed by atoms with Crippen LogP contribution in [0.5, 0.6) is 0 Å². The zero-order chi connectivity index (χ0) is 13.4. The SMILES string of the molecule is Cc1cncc(-c2cnn(C3=CC(=O)NS3=O)c2)c1. The largest absolute Gasteiger partial charge is 0.269 e. The molecule has 0 spiro atoms. The summed E-state index contributed by atoms with van der Waals surface area (Å²) in [7, 11) is -1.54. The van der Waals surface area contributed by atoms with Crippen molar-refractivity contribution in [3.63, 3.8) is 0 Å². The molecule has 7 heteroatoms. The van der Waals surface area contributed by atoms with E-state index in [1.807, 2.05) is 13.0 Å². The van der Waals surface area contributed by atoms with Crippen LogP contribution < -0.4 is 4.72 Å². The van der Waals surface area contributed by atoms with Crippen molar-refractivity contribution in [3.05, 3.63) is 42.5 Å². The van der Waals surface area contributed by atoms with Crippen molar-refractivity contribution in [3.8, 4) is 11.1 Å². The molecule has 0 bridgehead atoms. The molecular formula is C12H10N4O2S. The lowest BCUT2D eigenvalue weighted by Gasteiger charge is -1.99. The summed E-state index contributed by atoms with van der Waals surface area (Å²) >= 11 is 0. The molecule has 0 saturated carbocycles. The Labute approximate surface area is 111 Å². The van der Waals surface area contributed by atoms with Crippen molar-refractivity contribution < 1.29 is 9.00 Å². The zero-order valence-corrected chi connectivity index (χ0v) is 10.8. The number of aryl methyl sites for hydroxylation is 1. The first-order valence-corrected chi connectivity index (χ1v) is 6.69. The van der Waals surface area contributed by atoms with Gasteiger partial charge in [0.05, 0.1) is 6.20 Å². The number of nitrogens with zero attached hydrogens (tertiary/aromatic N) is 3. The molecule has 19 heavy (non-hydrogen) atoms. The molecule has 1 unspecified atom stereocenters. The van der Waals surface area contributed by atoms with Gasteiger partial charge in [0.25, 0.3) is 5.91 Å². The third-order valence-corrected chi connectivity index (χ3v) is 3.73. The second kappa shape index (κ2) is 4.43. The van der Waals surface area contributed by atoms with Crippen LogP contribution in [-0.2, 0) is 15.8 Å². The van der Waals surface area contributed by atoms with Crippen LogP contribution >= 0.6 is 0 Å². The summed E-state index contributed by atoms with van der Waals surface area (Å²) in [5, 5.41) is 4.45. The highest BCUT2D eigenvalue weighted by Crippen LogP contribution is 2.21. The highest BCUT2D eigenvalue weighted by Gasteiger charge is 2.21. The van der Waals surface area contributed by atoms with Crippen molar-refractivity contribution in [1.82, 2.24) is 19.5 Å². The van der Waals surface area contributed by atoms with Gasteiger partial charge in [-0.15, -0.1) is 0 Å². The molecule has 0 aromatic carbocycles. The fourth-order valence-electron chi connectivity index (χ4n) is 1.80. The van der Waals surface area contributed by atoms with E-state index in [9.17, 15) is 9.00 Å². The number of pyridine rings is 1. The van der Waals surface area contributed by atoms with Crippen LogP contribution in [0, 0.1) is 6.92 Å². The van der Waals surface area contributed by atoms with Gasteiger partial charge in [-0.1, -0.05) is 0 Å². The van der Waals surface area contributed by atoms with Crippen LogP contribution in [0.25, 0.3) is 16.2 Å². The first-order chi connectivity index (χ1) is 9.13. The third-order valence-electron chi connectivity index (χ3n) is 2.65. The Bertz CT molecular complexity index is 720. The van der Waals surface area contributed by atoms with E-state index in [0.717, 1.165) is 16.7 Å². The maximum atomic E-state index is 11.6. The van der Waals surface area contributed by atoms with Crippen molar-refractivity contribution in [1.29, 1.82) is 0 Å². The Morgan fingerprint density at radius 2 is 2.11 bits per heavy atom. The zero-order valence-electron chi connectivity index (χ0n) is 10.0. The summed E-state index contributed by atoms with van der Waals surface area (Å²) in [4.78, 5) is 15.2. The molecule has 0 aliphatic carbocycles. The van der Waals surface area contributed by atoms with Gasteiger partial charge in [0.1, 0.15) is 0 Å². The second-order valence-electron chi connectivity index (χ2n) is 4.14. The van der Waals surface area contributed by atoms with Crippen LogP contribution in [-0.4, -0.2) is 24.9 Å². The minimum Gasteiger partial charge on any atom is -0.269 e. The van der Waals surface area contributed by atoms with E-state index in [-0.39, 0.29) is 5.91 Å². The number of aromatic nitrogens is 3. The first-order valence-electron chi connectivity index (χ1n) is 5.54. The van der Waals surface area contributed by atoms with Crippen molar-refractivity contribution >= 4 is 21.9 Å². The summed E-state index contributed by atoms with van der Waals surface area (Å²) in [6, 6.07) is 1.98. The van der Waals surface area contributed by atoms with Gasteiger partial charge in [0, 0.05) is 35.8 Å². The normalized spacial score (nSPS) is 18.3. The molecule has 2 aromatic rings. The van der Waals surface area contributed by atoms with Crippen LogP contribution in [0.2, 0.25) is 0 Å². The standard InChI is InChI=1S/C12H10N4O2S/c1-8-2-9(5-13-4-8)10-6-14-16(7-10)12-3-11(17)15-19(12)18/h2-7H,1H3,(H,15,17). The molecular weight excluding hydrogens is 264 g/mol. The lowest BCUT2D eigenvalue weighted by molar-refractivity contribution is -0.114. The maximum Gasteiger partial charge on any atom is 0.258 e. The van der Waals surface area contributed by atoms with E-state index in [4.69, 9.17) is 0 Å². The maximum absolute atomic E-state index is 11.6. The Morgan fingerprint density at radius 3 is 2.79 bits per heavy atom. The summed E-state index contributed by atoms with van der Waals surface area (Å²) < 4.78 is 15.3. The molecule has 1 aliphatic rings. The molecule has 1 N–H and O–H groups in total. The second-order valence-corrected chi connectivity index (χ2v) is 5.30. The summed E-state index contributed by atoms with van der Waals surface area (Å²) in [6.45, 7) is 1.96. The lowest BCUT2D eigenvalue weighted by Crippen LogP contribution is -2.17. The van der Waals surface area contributed by atoms with Gasteiger partial charge >= 0.3 is 0 Å². The minimum atomic E-state index is -1.54. The summed E-state index contributed by atoms with van der Waals surface area (Å²) in [6.07, 6.45) is 8.15. The van der Waals surface area contributed by atoms with E-state index >= 15 is 0 Å². The van der Waals surface area contributed by atoms with Gasteiger partial charge in [-0.3, -0.25) is 14.5 Å². The molecule has 3 heterocycles. The van der Waals surface area contributed by atoms with Crippen LogP contribution in [0.15, 0.2) is 36.9 Å². The number of carbonyl (C=O) groups excluding carboxylic acids is 1. The van der Waals surface area contributed by atoms with Gasteiger partial charge in [0.15, 0.2) is 16.0 Å². The van der Waals surface area contributed by atoms with Crippen LogP contribution in [0.3, 0.4) is 0 Å². The molecule has 0 radical (unpaired) electrons. The van der Waals surface area contributed by atoms with E-state index in [1.54, 1.807) is 24.8 Å². The van der Waals surface area contributed by atoms with E-state index in [2.05, 4.69) is 14.8 Å². The summed E-state index contributed by atoms with van der Waals surface area (Å²) in [5.41, 5.74) is 2.83. The molecule has 6 nitrogen and oxygen atoms in total. The van der Waals surface area contributed by atoms with Gasteiger partial charge < -0.3 is 0 Å². The number of rotatable bonds is 2. The van der Waals surface area contributed by atoms with Crippen molar-refractivity contribution in [2.45, 2.75) is 6.92 Å². The highest BCUT2D eigenvalue weighted by molar-refractivity contribution is 7.93. The van der Waals surface area contributed by atoms with Crippen molar-refractivity contribution in [2.24, 2.45) is 0 Å². The highest BCUT2D eigenvalue weighted by atomic mass is 32.2. The Balaban J connectivity index is 1.98. The average molecular weight is 274 g/mol. The topological polar surface area (TPSA) is 76.9 Å². The molecule has 1 amide bonds. The Morgan fingerprint density at radius 1 is 1.26 bits per heavy atom. The third kappa shape index (κ3) is 2.19. The number of carbonyl (C=O) groups is 1. The van der Waals surface area contributed by atoms with Crippen LogP contribution in [0.4, 0.5) is 0 Å². The quantitative estimate of drug-likeness (QED) is 0.880. The number of amides is 1. The fraction of sp³-hybridized carbons (Fsp3) is 0.0833. The summed E-state index contributed by atoms with van der Waals surface area (Å²) in [5.74, 6) is -0.373. The molecule has 1 aliphatic heterocycles. The molecule has 0 fully saturated rings. The molecule has 96 valence electrons. The molecule has 1 atom stereocenters. The van der Waals surface area contributed by atoms with E-state index in [0.29, 0.717) is 5.03 Å². The average Bonchev–Trinajstić information content (AvgIpc) is 2.96. The van der Waals surface area contributed by atoms with Gasteiger partial charge in [-0.05, 0) is 18.6 Å². The minimum absolute atomic E-state index is 0.330. The van der Waals surface area contributed by atoms with Gasteiger partial charge in [-0.25, -0.2) is 8.89 Å². The van der Waals surface area contributed by atoms with Crippen LogP contribution in [0.1, 0.15) is 5.56 Å². The number of hydrogen-bond acceptors (Lipinski definition) is 4. The fourth-order valence-corrected chi connectivity index (χ4v) is 2.63. The van der Waals surface area contributed by atoms with Crippen molar-refractivity contribution in [2.75, 3.05) is 0 Å². The monoisotopic (exact) mass is 274 g/mol. The molecule has 0 saturated heterocycles. The van der Waals surface area contributed by atoms with Gasteiger partial charge in [-0.2, -0.15) is 5.10 Å². The van der Waals surface area contributed by atoms with Gasteiger partial charge in [0.2, 0.25) is 0 Å². The Kier molecular flexibility index (Phi) is 2.75. The first kappa shape index (κ1) is 11.8. The lowest BCUT2D eigenvalue weighted by atomic mass is 10.1. The predicted molar refractivity (Wildman–Crippen MR) is 70.8 cm³/mol. The smallest absolute Gasteiger partial charge is 0.258 e.